The lowest BCUT2D eigenvalue weighted by atomic mass is 9.93. The molecule has 36 heavy (non-hydrogen) atoms. The van der Waals surface area contributed by atoms with Gasteiger partial charge in [0.1, 0.15) is 24.0 Å². The molecule has 0 radical (unpaired) electrons. The van der Waals surface area contributed by atoms with Crippen LogP contribution in [0.5, 0.6) is 5.75 Å². The molecule has 190 valence electrons. The van der Waals surface area contributed by atoms with E-state index in [0.29, 0.717) is 40.8 Å². The molecule has 2 atom stereocenters. The molecule has 3 aromatic rings. The van der Waals surface area contributed by atoms with Crippen molar-refractivity contribution in [2.45, 2.75) is 57.8 Å². The summed E-state index contributed by atoms with van der Waals surface area (Å²) >= 11 is 0. The average molecular weight is 496 g/mol. The molecule has 1 aliphatic rings. The van der Waals surface area contributed by atoms with Crippen LogP contribution in [0.4, 0.5) is 8.78 Å². The van der Waals surface area contributed by atoms with Gasteiger partial charge < -0.3 is 20.3 Å². The molecular weight excluding hydrogens is 464 g/mol. The third-order valence-corrected chi connectivity index (χ3v) is 6.49. The number of aryl methyl sites for hydroxylation is 1. The summed E-state index contributed by atoms with van der Waals surface area (Å²) in [5, 5.41) is 9.19. The van der Waals surface area contributed by atoms with Gasteiger partial charge in [0.2, 0.25) is 0 Å². The second-order valence-electron chi connectivity index (χ2n) is 9.25. The molecule has 0 spiro atoms. The topological polar surface area (TPSA) is 81.8 Å². The van der Waals surface area contributed by atoms with E-state index in [-0.39, 0.29) is 30.3 Å². The van der Waals surface area contributed by atoms with Crippen molar-refractivity contribution >= 4 is 5.97 Å². The summed E-state index contributed by atoms with van der Waals surface area (Å²) in [6, 6.07) is 14.5. The zero-order chi connectivity index (χ0) is 25.7. The van der Waals surface area contributed by atoms with Gasteiger partial charge in [0.15, 0.2) is 0 Å². The van der Waals surface area contributed by atoms with Crippen LogP contribution in [0.2, 0.25) is 0 Å². The lowest BCUT2D eigenvalue weighted by Gasteiger charge is -2.17. The van der Waals surface area contributed by atoms with Crippen LogP contribution >= 0.6 is 0 Å². The monoisotopic (exact) mass is 495 g/mol. The molecule has 3 aromatic carbocycles. The van der Waals surface area contributed by atoms with E-state index in [1.165, 1.54) is 0 Å². The van der Waals surface area contributed by atoms with Crippen LogP contribution < -0.4 is 10.5 Å². The second-order valence-corrected chi connectivity index (χ2v) is 9.25. The van der Waals surface area contributed by atoms with Crippen molar-refractivity contribution in [3.8, 4) is 16.9 Å². The highest BCUT2D eigenvalue weighted by Gasteiger charge is 2.21. The minimum atomic E-state index is -0.962. The van der Waals surface area contributed by atoms with Gasteiger partial charge in [-0.15, -0.1) is 0 Å². The Morgan fingerprint density at radius 3 is 2.64 bits per heavy atom. The van der Waals surface area contributed by atoms with E-state index in [0.717, 1.165) is 19.4 Å². The van der Waals surface area contributed by atoms with Crippen molar-refractivity contribution in [3.63, 3.8) is 0 Å². The maximum absolute atomic E-state index is 15.8. The first-order chi connectivity index (χ1) is 17.3. The normalized spacial score (nSPS) is 16.2. The van der Waals surface area contributed by atoms with E-state index >= 15 is 8.78 Å². The lowest BCUT2D eigenvalue weighted by molar-refractivity contribution is -0.136. The molecule has 0 aliphatic carbocycles. The summed E-state index contributed by atoms with van der Waals surface area (Å²) in [6.45, 7) is 2.48. The Balaban J connectivity index is 1.68. The van der Waals surface area contributed by atoms with Gasteiger partial charge in [-0.1, -0.05) is 36.4 Å². The largest absolute Gasteiger partial charge is 0.489 e. The van der Waals surface area contributed by atoms with Gasteiger partial charge in [0.05, 0.1) is 12.5 Å². The average Bonchev–Trinajstić information content (AvgIpc) is 3.37. The summed E-state index contributed by atoms with van der Waals surface area (Å²) in [7, 11) is 0. The van der Waals surface area contributed by atoms with Crippen LogP contribution in [0.25, 0.3) is 11.1 Å². The van der Waals surface area contributed by atoms with E-state index in [9.17, 15) is 9.90 Å². The van der Waals surface area contributed by atoms with E-state index in [2.05, 4.69) is 0 Å². The molecule has 1 unspecified atom stereocenters. The number of ether oxygens (including phenoxy) is 2. The number of carbonyl (C=O) groups is 1. The molecule has 0 amide bonds. The molecule has 5 nitrogen and oxygen atoms in total. The van der Waals surface area contributed by atoms with Gasteiger partial charge in [-0.05, 0) is 61.9 Å². The molecule has 1 aliphatic heterocycles. The minimum Gasteiger partial charge on any atom is -0.489 e. The van der Waals surface area contributed by atoms with Gasteiger partial charge in [0, 0.05) is 34.9 Å². The summed E-state index contributed by atoms with van der Waals surface area (Å²) in [5.74, 6) is -1.53. The predicted molar refractivity (Wildman–Crippen MR) is 134 cm³/mol. The van der Waals surface area contributed by atoms with Crippen LogP contribution in [0, 0.1) is 11.6 Å². The fraction of sp³-hybridized carbons (Fsp3) is 0.345. The van der Waals surface area contributed by atoms with E-state index in [1.807, 2.05) is 0 Å². The Kier molecular flexibility index (Phi) is 8.33. The van der Waals surface area contributed by atoms with Crippen LogP contribution in [0.1, 0.15) is 54.5 Å². The molecule has 4 rings (SSSR count). The zero-order valence-corrected chi connectivity index (χ0v) is 20.3. The van der Waals surface area contributed by atoms with Crippen molar-refractivity contribution in [1.29, 1.82) is 0 Å². The number of hydrogen-bond acceptors (Lipinski definition) is 4. The summed E-state index contributed by atoms with van der Waals surface area (Å²) < 4.78 is 42.8. The van der Waals surface area contributed by atoms with Crippen LogP contribution in [-0.4, -0.2) is 23.8 Å². The molecular formula is C29H31F2NO4. The Bertz CT molecular complexity index is 1220. The highest BCUT2D eigenvalue weighted by atomic mass is 19.1. The van der Waals surface area contributed by atoms with Gasteiger partial charge in [-0.3, -0.25) is 4.79 Å². The number of hydrogen-bond donors (Lipinski definition) is 2. The minimum absolute atomic E-state index is 0.0748. The highest BCUT2D eigenvalue weighted by molar-refractivity contribution is 5.71. The number of aliphatic carboxylic acids is 1. The maximum atomic E-state index is 15.8. The van der Waals surface area contributed by atoms with Gasteiger partial charge in [-0.25, -0.2) is 8.78 Å². The third kappa shape index (κ3) is 6.09. The van der Waals surface area contributed by atoms with Gasteiger partial charge in [0.25, 0.3) is 0 Å². The Morgan fingerprint density at radius 1 is 1.11 bits per heavy atom. The molecule has 7 heteroatoms. The Labute approximate surface area is 209 Å². The zero-order valence-electron chi connectivity index (χ0n) is 20.3. The van der Waals surface area contributed by atoms with E-state index < -0.39 is 23.6 Å². The SMILES string of the molecule is C[C@@H](N)c1cccc(-c2cc(COc3ccccc3CC(=O)O)cc(CCC3CCCO3)c2F)c1F. The van der Waals surface area contributed by atoms with Crippen molar-refractivity contribution < 1.29 is 28.2 Å². The molecule has 1 fully saturated rings. The first-order valence-electron chi connectivity index (χ1n) is 12.2. The number of benzene rings is 3. The number of nitrogens with two attached hydrogens (primary N) is 1. The fourth-order valence-corrected chi connectivity index (χ4v) is 4.62. The number of rotatable bonds is 10. The van der Waals surface area contributed by atoms with E-state index in [1.54, 1.807) is 61.5 Å². The highest BCUT2D eigenvalue weighted by Crippen LogP contribution is 2.33. The van der Waals surface area contributed by atoms with Crippen LogP contribution in [-0.2, 0) is 29.0 Å². The van der Waals surface area contributed by atoms with E-state index in [4.69, 9.17) is 15.2 Å². The summed E-state index contributed by atoms with van der Waals surface area (Å²) in [5.41, 5.74) is 8.21. The number of halogens is 2. The lowest BCUT2D eigenvalue weighted by Crippen LogP contribution is -2.10. The number of carboxylic acids is 1. The van der Waals surface area contributed by atoms with Crippen molar-refractivity contribution in [3.05, 3.63) is 88.5 Å². The molecule has 0 aromatic heterocycles. The molecule has 3 N–H and O–H groups in total. The van der Waals surface area contributed by atoms with Gasteiger partial charge in [-0.2, -0.15) is 0 Å². The van der Waals surface area contributed by atoms with Crippen LogP contribution in [0.15, 0.2) is 54.6 Å². The van der Waals surface area contributed by atoms with Crippen molar-refractivity contribution in [2.24, 2.45) is 5.73 Å². The molecule has 0 saturated carbocycles. The molecule has 1 saturated heterocycles. The third-order valence-electron chi connectivity index (χ3n) is 6.49. The quantitative estimate of drug-likeness (QED) is 0.362. The first kappa shape index (κ1) is 25.8. The van der Waals surface area contributed by atoms with Crippen LogP contribution in [0.3, 0.4) is 0 Å². The molecule has 1 heterocycles. The maximum Gasteiger partial charge on any atom is 0.307 e. The summed E-state index contributed by atoms with van der Waals surface area (Å²) in [6.07, 6.45) is 2.98. The molecule has 0 bridgehead atoms. The predicted octanol–water partition coefficient (Wildman–Crippen LogP) is 5.97. The fourth-order valence-electron chi connectivity index (χ4n) is 4.62. The number of carboxylic acid groups (broad SMARTS) is 1. The number of para-hydroxylation sites is 1. The smallest absolute Gasteiger partial charge is 0.307 e. The van der Waals surface area contributed by atoms with Crippen molar-refractivity contribution in [1.82, 2.24) is 0 Å². The van der Waals surface area contributed by atoms with Gasteiger partial charge >= 0.3 is 5.97 Å². The first-order valence-corrected chi connectivity index (χ1v) is 12.2. The van der Waals surface area contributed by atoms with Crippen molar-refractivity contribution in [2.75, 3.05) is 6.61 Å². The summed E-state index contributed by atoms with van der Waals surface area (Å²) in [4.78, 5) is 11.2. The second kappa shape index (κ2) is 11.6. The Morgan fingerprint density at radius 2 is 1.92 bits per heavy atom. The Hall–Kier alpha value is -3.29. The standard InChI is InChI=1S/C29H31F2NO4/c1-18(32)23-8-4-9-24(29(23)31)25-15-19(14-21(28(25)30)11-12-22-7-5-13-35-22)17-36-26-10-3-2-6-20(26)16-27(33)34/h2-4,6,8-10,14-15,18,22H,5,7,11-13,16-17,32H2,1H3,(H,33,34)/t18-,22?/m1/s1.